The van der Waals surface area contributed by atoms with Crippen LogP contribution in [-0.2, 0) is 0 Å². The lowest BCUT2D eigenvalue weighted by Gasteiger charge is -2.14. The first-order chi connectivity index (χ1) is 8.04. The highest BCUT2D eigenvalue weighted by Crippen LogP contribution is 2.12. The number of aromatic nitrogens is 2. The standard InChI is InChI=1S/C12H13N3O2/c1-8-4-5-10-13-11(14(2)3)9(7-16)12(17)15(10)6-8/h4-7H,1-3H3. The highest BCUT2D eigenvalue weighted by molar-refractivity contribution is 5.83. The zero-order valence-electron chi connectivity index (χ0n) is 9.97. The normalized spacial score (nSPS) is 10.5. The maximum Gasteiger partial charge on any atom is 0.270 e. The molecule has 0 saturated carbocycles. The minimum Gasteiger partial charge on any atom is -0.362 e. The molecule has 0 fully saturated rings. The second kappa shape index (κ2) is 4.01. The summed E-state index contributed by atoms with van der Waals surface area (Å²) < 4.78 is 1.39. The van der Waals surface area contributed by atoms with Crippen molar-refractivity contribution in [3.8, 4) is 0 Å². The van der Waals surface area contributed by atoms with E-state index in [1.54, 1.807) is 31.3 Å². The maximum absolute atomic E-state index is 12.1. The van der Waals surface area contributed by atoms with Gasteiger partial charge in [-0.2, -0.15) is 0 Å². The summed E-state index contributed by atoms with van der Waals surface area (Å²) in [5, 5.41) is 0. The number of hydrogen-bond donors (Lipinski definition) is 0. The largest absolute Gasteiger partial charge is 0.362 e. The molecule has 0 unspecified atom stereocenters. The van der Waals surface area contributed by atoms with Crippen LogP contribution in [-0.4, -0.2) is 29.8 Å². The SMILES string of the molecule is Cc1ccc2nc(N(C)C)c(C=O)c(=O)n2c1. The van der Waals surface area contributed by atoms with Gasteiger partial charge in [0.25, 0.3) is 5.56 Å². The Balaban J connectivity index is 2.93. The van der Waals surface area contributed by atoms with Gasteiger partial charge in [0, 0.05) is 20.3 Å². The molecule has 2 aromatic rings. The Morgan fingerprint density at radius 1 is 1.35 bits per heavy atom. The molecule has 0 radical (unpaired) electrons. The second-order valence-electron chi connectivity index (χ2n) is 4.10. The number of aldehydes is 1. The molecule has 0 bridgehead atoms. The zero-order chi connectivity index (χ0) is 12.6. The van der Waals surface area contributed by atoms with Crippen LogP contribution in [0.25, 0.3) is 5.65 Å². The van der Waals surface area contributed by atoms with Crippen LogP contribution in [0.3, 0.4) is 0 Å². The first-order valence-electron chi connectivity index (χ1n) is 5.20. The van der Waals surface area contributed by atoms with Gasteiger partial charge in [0.05, 0.1) is 0 Å². The molecule has 0 aliphatic heterocycles. The number of nitrogens with zero attached hydrogens (tertiary/aromatic N) is 3. The van der Waals surface area contributed by atoms with Gasteiger partial charge >= 0.3 is 0 Å². The molecule has 0 N–H and O–H groups in total. The summed E-state index contributed by atoms with van der Waals surface area (Å²) in [6, 6.07) is 3.64. The highest BCUT2D eigenvalue weighted by atomic mass is 16.1. The molecule has 2 heterocycles. The lowest BCUT2D eigenvalue weighted by Crippen LogP contribution is -2.25. The molecular weight excluding hydrogens is 218 g/mol. The van der Waals surface area contributed by atoms with Crippen molar-refractivity contribution < 1.29 is 4.79 Å². The third-order valence-electron chi connectivity index (χ3n) is 2.53. The van der Waals surface area contributed by atoms with Crippen LogP contribution in [0.2, 0.25) is 0 Å². The molecule has 0 saturated heterocycles. The Morgan fingerprint density at radius 3 is 2.65 bits per heavy atom. The van der Waals surface area contributed by atoms with Gasteiger partial charge in [-0.25, -0.2) is 4.98 Å². The van der Waals surface area contributed by atoms with Crippen LogP contribution in [0, 0.1) is 6.92 Å². The fourth-order valence-corrected chi connectivity index (χ4v) is 1.69. The zero-order valence-corrected chi connectivity index (χ0v) is 9.97. The average Bonchev–Trinajstić information content (AvgIpc) is 2.29. The van der Waals surface area contributed by atoms with Crippen LogP contribution < -0.4 is 10.5 Å². The fraction of sp³-hybridized carbons (Fsp3) is 0.250. The molecule has 2 rings (SSSR count). The van der Waals surface area contributed by atoms with Crippen molar-refractivity contribution in [2.45, 2.75) is 6.92 Å². The summed E-state index contributed by atoms with van der Waals surface area (Å²) in [6.45, 7) is 1.88. The third-order valence-corrected chi connectivity index (χ3v) is 2.53. The van der Waals surface area contributed by atoms with E-state index in [0.29, 0.717) is 17.8 Å². The van der Waals surface area contributed by atoms with Gasteiger partial charge < -0.3 is 4.90 Å². The van der Waals surface area contributed by atoms with E-state index in [2.05, 4.69) is 4.98 Å². The Labute approximate surface area is 98.3 Å². The molecule has 0 atom stereocenters. The molecule has 2 aromatic heterocycles. The summed E-state index contributed by atoms with van der Waals surface area (Å²) in [5.74, 6) is 0.397. The van der Waals surface area contributed by atoms with Crippen molar-refractivity contribution in [2.24, 2.45) is 0 Å². The van der Waals surface area contributed by atoms with Gasteiger partial charge in [0.1, 0.15) is 17.0 Å². The summed E-state index contributed by atoms with van der Waals surface area (Å²) in [7, 11) is 3.50. The summed E-state index contributed by atoms with van der Waals surface area (Å²) in [6.07, 6.45) is 2.23. The molecule has 0 aromatic carbocycles. The van der Waals surface area contributed by atoms with Crippen LogP contribution in [0.5, 0.6) is 0 Å². The lowest BCUT2D eigenvalue weighted by molar-refractivity contribution is 0.112. The first-order valence-corrected chi connectivity index (χ1v) is 5.20. The minimum atomic E-state index is -0.336. The number of carbonyl (C=O) groups is 1. The molecule has 5 heteroatoms. The van der Waals surface area contributed by atoms with Crippen molar-refractivity contribution in [1.29, 1.82) is 0 Å². The van der Waals surface area contributed by atoms with Gasteiger partial charge in [-0.1, -0.05) is 6.07 Å². The first kappa shape index (κ1) is 11.3. The molecule has 0 aliphatic rings. The molecule has 5 nitrogen and oxygen atoms in total. The number of carbonyl (C=O) groups excluding carboxylic acids is 1. The van der Waals surface area contributed by atoms with Gasteiger partial charge in [0.15, 0.2) is 6.29 Å². The Bertz CT molecular complexity index is 644. The Morgan fingerprint density at radius 2 is 2.06 bits per heavy atom. The van der Waals surface area contributed by atoms with E-state index in [9.17, 15) is 9.59 Å². The van der Waals surface area contributed by atoms with Gasteiger partial charge in [-0.15, -0.1) is 0 Å². The van der Waals surface area contributed by atoms with Crippen LogP contribution >= 0.6 is 0 Å². The van der Waals surface area contributed by atoms with E-state index in [1.165, 1.54) is 4.40 Å². The third kappa shape index (κ3) is 1.80. The predicted octanol–water partition coefficient (Wildman–Crippen LogP) is 0.881. The second-order valence-corrected chi connectivity index (χ2v) is 4.10. The Kier molecular flexibility index (Phi) is 2.67. The van der Waals surface area contributed by atoms with E-state index in [0.717, 1.165) is 5.56 Å². The summed E-state index contributed by atoms with van der Waals surface area (Å²) >= 11 is 0. The lowest BCUT2D eigenvalue weighted by atomic mass is 10.2. The molecule has 88 valence electrons. The van der Waals surface area contributed by atoms with Gasteiger partial charge in [0.2, 0.25) is 0 Å². The van der Waals surface area contributed by atoms with E-state index in [-0.39, 0.29) is 11.1 Å². The Hall–Kier alpha value is -2.17. The van der Waals surface area contributed by atoms with Crippen LogP contribution in [0.1, 0.15) is 15.9 Å². The van der Waals surface area contributed by atoms with E-state index in [4.69, 9.17) is 0 Å². The highest BCUT2D eigenvalue weighted by Gasteiger charge is 2.13. The minimum absolute atomic E-state index is 0.0816. The van der Waals surface area contributed by atoms with Crippen molar-refractivity contribution >= 4 is 17.8 Å². The van der Waals surface area contributed by atoms with Crippen molar-refractivity contribution in [1.82, 2.24) is 9.38 Å². The summed E-state index contributed by atoms with van der Waals surface area (Å²) in [5.41, 5.74) is 1.22. The smallest absolute Gasteiger partial charge is 0.270 e. The van der Waals surface area contributed by atoms with E-state index < -0.39 is 0 Å². The van der Waals surface area contributed by atoms with Crippen molar-refractivity contribution in [3.05, 3.63) is 39.8 Å². The molecule has 17 heavy (non-hydrogen) atoms. The number of pyridine rings is 1. The van der Waals surface area contributed by atoms with Gasteiger partial charge in [-0.05, 0) is 18.6 Å². The topological polar surface area (TPSA) is 54.7 Å². The number of rotatable bonds is 2. The van der Waals surface area contributed by atoms with Crippen molar-refractivity contribution in [2.75, 3.05) is 19.0 Å². The van der Waals surface area contributed by atoms with Gasteiger partial charge in [-0.3, -0.25) is 14.0 Å². The fourth-order valence-electron chi connectivity index (χ4n) is 1.69. The van der Waals surface area contributed by atoms with Crippen molar-refractivity contribution in [3.63, 3.8) is 0 Å². The number of fused-ring (bicyclic) bond motifs is 1. The summed E-state index contributed by atoms with van der Waals surface area (Å²) in [4.78, 5) is 29.1. The molecule has 0 aliphatic carbocycles. The maximum atomic E-state index is 12.1. The van der Waals surface area contributed by atoms with Crippen LogP contribution in [0.15, 0.2) is 23.1 Å². The molecular formula is C12H13N3O2. The number of hydrogen-bond acceptors (Lipinski definition) is 4. The average molecular weight is 231 g/mol. The molecule has 0 spiro atoms. The number of aryl methyl sites for hydroxylation is 1. The van der Waals surface area contributed by atoms with Crippen LogP contribution in [0.4, 0.5) is 5.82 Å². The molecule has 0 amide bonds. The van der Waals surface area contributed by atoms with E-state index in [1.807, 2.05) is 13.0 Å². The van der Waals surface area contributed by atoms with E-state index >= 15 is 0 Å². The monoisotopic (exact) mass is 231 g/mol. The number of anilines is 1. The predicted molar refractivity (Wildman–Crippen MR) is 65.9 cm³/mol. The quantitative estimate of drug-likeness (QED) is 0.720.